The van der Waals surface area contributed by atoms with Gasteiger partial charge < -0.3 is 32.1 Å². The molecule has 208 valence electrons. The van der Waals surface area contributed by atoms with Gasteiger partial charge in [-0.1, -0.05) is 36.4 Å². The van der Waals surface area contributed by atoms with Gasteiger partial charge in [0.15, 0.2) is 0 Å². The number of anilines is 3. The van der Waals surface area contributed by atoms with E-state index in [4.69, 9.17) is 5.73 Å². The molecule has 1 aromatic heterocycles. The summed E-state index contributed by atoms with van der Waals surface area (Å²) < 4.78 is 0. The van der Waals surface area contributed by atoms with Gasteiger partial charge in [0.1, 0.15) is 5.82 Å². The predicted octanol–water partition coefficient (Wildman–Crippen LogP) is 3.11. The Morgan fingerprint density at radius 2 is 1.60 bits per heavy atom. The Labute approximate surface area is 230 Å². The van der Waals surface area contributed by atoms with Gasteiger partial charge in [0, 0.05) is 30.4 Å². The van der Waals surface area contributed by atoms with Crippen molar-refractivity contribution in [3.8, 4) is 0 Å². The molecule has 0 aliphatic carbocycles. The van der Waals surface area contributed by atoms with Crippen LogP contribution in [0.5, 0.6) is 0 Å². The van der Waals surface area contributed by atoms with Crippen LogP contribution in [0.3, 0.4) is 0 Å². The van der Waals surface area contributed by atoms with E-state index in [-0.39, 0.29) is 37.0 Å². The van der Waals surface area contributed by atoms with Gasteiger partial charge in [-0.25, -0.2) is 9.78 Å². The van der Waals surface area contributed by atoms with E-state index in [1.165, 1.54) is 12.3 Å². The zero-order valence-electron chi connectivity index (χ0n) is 21.8. The first-order valence-corrected chi connectivity index (χ1v) is 12.4. The number of nitrogens with zero attached hydrogens (tertiary/aromatic N) is 1. The van der Waals surface area contributed by atoms with Crippen LogP contribution in [0.25, 0.3) is 0 Å². The molecular formula is C28H30N6O6. The van der Waals surface area contributed by atoms with Crippen molar-refractivity contribution in [3.63, 3.8) is 0 Å². The molecule has 7 N–H and O–H groups in total. The van der Waals surface area contributed by atoms with Crippen LogP contribution in [-0.2, 0) is 25.6 Å². The Morgan fingerprint density at radius 3 is 2.23 bits per heavy atom. The summed E-state index contributed by atoms with van der Waals surface area (Å²) in [6.07, 6.45) is 0.701. The maximum Gasteiger partial charge on any atom is 0.323 e. The molecule has 1 heterocycles. The van der Waals surface area contributed by atoms with Crippen molar-refractivity contribution in [2.75, 3.05) is 16.0 Å². The topological polar surface area (TPSA) is 193 Å². The number of nitrogens with one attached hydrogen (secondary N) is 4. The molecule has 0 radical (unpaired) electrons. The van der Waals surface area contributed by atoms with E-state index in [1.807, 2.05) is 25.1 Å². The second-order valence-electron chi connectivity index (χ2n) is 8.98. The molecule has 40 heavy (non-hydrogen) atoms. The number of carbonyl (C=O) groups is 5. The number of aryl methyl sites for hydroxylation is 1. The predicted molar refractivity (Wildman–Crippen MR) is 148 cm³/mol. The highest BCUT2D eigenvalue weighted by Crippen LogP contribution is 2.19. The average molecular weight is 547 g/mol. The molecule has 0 aliphatic rings. The smallest absolute Gasteiger partial charge is 0.323 e. The summed E-state index contributed by atoms with van der Waals surface area (Å²) in [6.45, 7) is 1.89. The van der Waals surface area contributed by atoms with Gasteiger partial charge in [0.05, 0.1) is 18.9 Å². The van der Waals surface area contributed by atoms with Crippen molar-refractivity contribution in [3.05, 3.63) is 83.6 Å². The highest BCUT2D eigenvalue weighted by atomic mass is 16.4. The third-order valence-corrected chi connectivity index (χ3v) is 5.74. The molecule has 0 spiro atoms. The zero-order valence-corrected chi connectivity index (χ0v) is 21.8. The fraction of sp³-hybridized carbons (Fsp3) is 0.214. The van der Waals surface area contributed by atoms with Crippen LogP contribution in [0, 0.1) is 6.92 Å². The van der Waals surface area contributed by atoms with Crippen molar-refractivity contribution in [1.29, 1.82) is 0 Å². The van der Waals surface area contributed by atoms with E-state index >= 15 is 0 Å². The number of aromatic nitrogens is 1. The molecule has 3 rings (SSSR count). The summed E-state index contributed by atoms with van der Waals surface area (Å²) in [5.74, 6) is -2.38. The highest BCUT2D eigenvalue weighted by Gasteiger charge is 2.19. The number of carboxylic acids is 1. The number of pyridine rings is 1. The molecule has 0 saturated carbocycles. The van der Waals surface area contributed by atoms with Crippen LogP contribution >= 0.6 is 0 Å². The van der Waals surface area contributed by atoms with Gasteiger partial charge in [-0.2, -0.15) is 0 Å². The number of benzene rings is 2. The lowest BCUT2D eigenvalue weighted by Crippen LogP contribution is -2.31. The number of amides is 5. The normalized spacial score (nSPS) is 11.1. The molecule has 3 aromatic rings. The van der Waals surface area contributed by atoms with Crippen LogP contribution in [-0.4, -0.2) is 39.8 Å². The number of aliphatic carboxylic acids is 1. The van der Waals surface area contributed by atoms with Crippen LogP contribution in [0.15, 0.2) is 66.9 Å². The number of hydrogen-bond acceptors (Lipinski definition) is 6. The monoisotopic (exact) mass is 546 g/mol. The van der Waals surface area contributed by atoms with E-state index in [2.05, 4.69) is 26.3 Å². The highest BCUT2D eigenvalue weighted by molar-refractivity contribution is 6.00. The molecule has 1 atom stereocenters. The summed E-state index contributed by atoms with van der Waals surface area (Å²) in [5.41, 5.74) is 8.37. The van der Waals surface area contributed by atoms with Crippen LogP contribution < -0.4 is 27.0 Å². The van der Waals surface area contributed by atoms with E-state index in [0.717, 1.165) is 5.56 Å². The first-order valence-electron chi connectivity index (χ1n) is 12.4. The van der Waals surface area contributed by atoms with Gasteiger partial charge in [-0.05, 0) is 47.9 Å². The first kappa shape index (κ1) is 29.3. The SMILES string of the molecule is Cc1ccccc1NC(=O)Nc1ccc(CC(=O)Nc2ccc(C(CC(=O)O)NC(=O)CCC(N)=O)cn2)cc1. The van der Waals surface area contributed by atoms with E-state index in [9.17, 15) is 29.1 Å². The second-order valence-corrected chi connectivity index (χ2v) is 8.98. The average Bonchev–Trinajstić information content (AvgIpc) is 2.90. The summed E-state index contributed by atoms with van der Waals surface area (Å²) >= 11 is 0. The summed E-state index contributed by atoms with van der Waals surface area (Å²) in [6, 6.07) is 16.0. The van der Waals surface area contributed by atoms with E-state index < -0.39 is 30.2 Å². The number of carboxylic acid groups (broad SMARTS) is 1. The quantitative estimate of drug-likeness (QED) is 0.201. The summed E-state index contributed by atoms with van der Waals surface area (Å²) in [4.78, 5) is 63.1. The van der Waals surface area contributed by atoms with E-state index in [0.29, 0.717) is 22.5 Å². The minimum absolute atomic E-state index is 0.0523. The molecule has 12 nitrogen and oxygen atoms in total. The van der Waals surface area contributed by atoms with Crippen molar-refractivity contribution < 1.29 is 29.1 Å². The Kier molecular flexibility index (Phi) is 10.3. The maximum absolute atomic E-state index is 12.5. The molecular weight excluding hydrogens is 516 g/mol. The van der Waals surface area contributed by atoms with Crippen LogP contribution in [0.1, 0.15) is 42.0 Å². The van der Waals surface area contributed by atoms with Gasteiger partial charge in [-0.3, -0.25) is 19.2 Å². The number of urea groups is 1. The summed E-state index contributed by atoms with van der Waals surface area (Å²) in [5, 5.41) is 19.9. The minimum Gasteiger partial charge on any atom is -0.481 e. The lowest BCUT2D eigenvalue weighted by molar-refractivity contribution is -0.138. The summed E-state index contributed by atoms with van der Waals surface area (Å²) in [7, 11) is 0. The molecule has 1 unspecified atom stereocenters. The Balaban J connectivity index is 1.52. The maximum atomic E-state index is 12.5. The fourth-order valence-corrected chi connectivity index (χ4v) is 3.69. The Bertz CT molecular complexity index is 1370. The van der Waals surface area contributed by atoms with Gasteiger partial charge >= 0.3 is 12.0 Å². The van der Waals surface area contributed by atoms with Crippen molar-refractivity contribution in [2.45, 2.75) is 38.6 Å². The number of para-hydroxylation sites is 1. The fourth-order valence-electron chi connectivity index (χ4n) is 3.69. The number of primary amides is 1. The lowest BCUT2D eigenvalue weighted by Gasteiger charge is -2.17. The lowest BCUT2D eigenvalue weighted by atomic mass is 10.1. The Hall–Kier alpha value is -5.26. The largest absolute Gasteiger partial charge is 0.481 e. The third kappa shape index (κ3) is 9.56. The van der Waals surface area contributed by atoms with Crippen molar-refractivity contribution in [2.24, 2.45) is 5.73 Å². The number of carbonyl (C=O) groups excluding carboxylic acids is 4. The third-order valence-electron chi connectivity index (χ3n) is 5.74. The van der Waals surface area contributed by atoms with Crippen LogP contribution in [0.2, 0.25) is 0 Å². The minimum atomic E-state index is -1.13. The molecule has 5 amide bonds. The van der Waals surface area contributed by atoms with Crippen LogP contribution in [0.4, 0.5) is 22.0 Å². The second kappa shape index (κ2) is 14.0. The molecule has 12 heteroatoms. The Morgan fingerprint density at radius 1 is 0.875 bits per heavy atom. The molecule has 2 aromatic carbocycles. The number of rotatable bonds is 12. The number of hydrogen-bond donors (Lipinski definition) is 6. The van der Waals surface area contributed by atoms with E-state index in [1.54, 1.807) is 36.4 Å². The standard InChI is InChI=1S/C28H30N6O6/c1-17-4-2-3-5-21(17)33-28(40)31-20-9-6-18(7-10-20)14-26(37)34-24-12-8-19(16-30-24)22(15-27(38)39)32-25(36)13-11-23(29)35/h2-10,12,16,22H,11,13-15H2,1H3,(H2,29,35)(H,32,36)(H,38,39)(H,30,34,37)(H2,31,33,40). The number of nitrogens with two attached hydrogens (primary N) is 1. The van der Waals surface area contributed by atoms with Gasteiger partial charge in [-0.15, -0.1) is 0 Å². The zero-order chi connectivity index (χ0) is 29.1. The first-order chi connectivity index (χ1) is 19.1. The molecule has 0 fully saturated rings. The molecule has 0 aliphatic heterocycles. The van der Waals surface area contributed by atoms with Crippen molar-refractivity contribution in [1.82, 2.24) is 10.3 Å². The molecule has 0 saturated heterocycles. The van der Waals surface area contributed by atoms with Gasteiger partial charge in [0.25, 0.3) is 0 Å². The molecule has 0 bridgehead atoms. The van der Waals surface area contributed by atoms with Gasteiger partial charge in [0.2, 0.25) is 17.7 Å². The van der Waals surface area contributed by atoms with Crippen molar-refractivity contribution >= 4 is 46.9 Å².